The number of morpholine rings is 1. The van der Waals surface area contributed by atoms with Crippen molar-refractivity contribution in [3.8, 4) is 0 Å². The molecule has 2 aliphatic rings. The first-order valence-corrected chi connectivity index (χ1v) is 7.27. The molecular formula is C14H27N3O2. The number of nitrogens with two attached hydrogens (primary N) is 1. The molecule has 2 fully saturated rings. The minimum atomic E-state index is -0.0132. The first kappa shape index (κ1) is 14.6. The summed E-state index contributed by atoms with van der Waals surface area (Å²) in [7, 11) is 0. The van der Waals surface area contributed by atoms with Crippen molar-refractivity contribution in [1.82, 2.24) is 4.90 Å². The van der Waals surface area contributed by atoms with E-state index in [4.69, 9.17) is 15.2 Å². The first-order valence-electron chi connectivity index (χ1n) is 7.27. The van der Waals surface area contributed by atoms with Gasteiger partial charge in [-0.25, -0.2) is 0 Å². The van der Waals surface area contributed by atoms with Crippen LogP contribution in [-0.2, 0) is 9.47 Å². The van der Waals surface area contributed by atoms with Crippen molar-refractivity contribution in [3.63, 3.8) is 0 Å². The van der Waals surface area contributed by atoms with Crippen LogP contribution >= 0.6 is 0 Å². The zero-order valence-corrected chi connectivity index (χ0v) is 12.4. The topological polar surface area (TPSA) is 60.1 Å². The van der Waals surface area contributed by atoms with Crippen LogP contribution in [0.3, 0.4) is 0 Å². The molecule has 0 aromatic heterocycles. The van der Waals surface area contributed by atoms with E-state index < -0.39 is 0 Å². The van der Waals surface area contributed by atoms with Gasteiger partial charge in [0.05, 0.1) is 18.3 Å². The van der Waals surface area contributed by atoms with E-state index >= 15 is 0 Å². The van der Waals surface area contributed by atoms with Gasteiger partial charge in [0.1, 0.15) is 0 Å². The van der Waals surface area contributed by atoms with Crippen molar-refractivity contribution in [2.75, 3.05) is 32.8 Å². The summed E-state index contributed by atoms with van der Waals surface area (Å²) in [4.78, 5) is 6.70. The molecule has 0 aromatic rings. The highest BCUT2D eigenvalue weighted by atomic mass is 16.5. The van der Waals surface area contributed by atoms with Gasteiger partial charge in [0.25, 0.3) is 0 Å². The normalized spacial score (nSPS) is 32.4. The fourth-order valence-corrected chi connectivity index (χ4v) is 2.86. The fraction of sp³-hybridized carbons (Fsp3) is 0.929. The van der Waals surface area contributed by atoms with Gasteiger partial charge in [0.2, 0.25) is 0 Å². The Kier molecular flexibility index (Phi) is 4.68. The average molecular weight is 269 g/mol. The summed E-state index contributed by atoms with van der Waals surface area (Å²) in [5, 5.41) is 0. The molecule has 2 aliphatic heterocycles. The summed E-state index contributed by atoms with van der Waals surface area (Å²) in [6.45, 7) is 10.4. The predicted molar refractivity (Wildman–Crippen MR) is 76.2 cm³/mol. The molecule has 2 N–H and O–H groups in total. The van der Waals surface area contributed by atoms with Crippen LogP contribution in [0.15, 0.2) is 4.99 Å². The van der Waals surface area contributed by atoms with E-state index in [0.717, 1.165) is 45.7 Å². The molecule has 0 bridgehead atoms. The Morgan fingerprint density at radius 2 is 2.21 bits per heavy atom. The second-order valence-corrected chi connectivity index (χ2v) is 6.29. The third kappa shape index (κ3) is 4.35. The van der Waals surface area contributed by atoms with Crippen LogP contribution in [0.1, 0.15) is 33.6 Å². The predicted octanol–water partition coefficient (Wildman–Crippen LogP) is 1.23. The lowest BCUT2D eigenvalue weighted by atomic mass is 9.88. The zero-order valence-electron chi connectivity index (χ0n) is 12.4. The molecule has 0 amide bonds. The van der Waals surface area contributed by atoms with E-state index in [2.05, 4.69) is 30.7 Å². The lowest BCUT2D eigenvalue weighted by molar-refractivity contribution is -0.0705. The molecule has 110 valence electrons. The number of ether oxygens (including phenoxy) is 2. The van der Waals surface area contributed by atoms with E-state index in [1.807, 2.05) is 0 Å². The summed E-state index contributed by atoms with van der Waals surface area (Å²) in [6, 6.07) is 0. The number of hydrogen-bond acceptors (Lipinski definition) is 3. The molecule has 0 aliphatic carbocycles. The van der Waals surface area contributed by atoms with Crippen molar-refractivity contribution in [1.29, 1.82) is 0 Å². The Hall–Kier alpha value is -0.810. The van der Waals surface area contributed by atoms with E-state index in [-0.39, 0.29) is 11.7 Å². The van der Waals surface area contributed by atoms with Crippen LogP contribution in [0.2, 0.25) is 0 Å². The smallest absolute Gasteiger partial charge is 0.191 e. The monoisotopic (exact) mass is 269 g/mol. The van der Waals surface area contributed by atoms with Crippen LogP contribution in [0.25, 0.3) is 0 Å². The standard InChI is InChI=1S/C14H27N3O2/c1-11-10-17(5-7-18-11)13(15)16-9-12-4-6-19-14(2,3)8-12/h11-12H,4-10H2,1-3H3,(H2,15,16). The summed E-state index contributed by atoms with van der Waals surface area (Å²) < 4.78 is 11.2. The highest BCUT2D eigenvalue weighted by Gasteiger charge is 2.28. The van der Waals surface area contributed by atoms with Crippen LogP contribution in [-0.4, -0.2) is 55.4 Å². The van der Waals surface area contributed by atoms with Crippen LogP contribution in [0, 0.1) is 5.92 Å². The van der Waals surface area contributed by atoms with Gasteiger partial charge < -0.3 is 20.1 Å². The van der Waals surface area contributed by atoms with Gasteiger partial charge in [-0.15, -0.1) is 0 Å². The Morgan fingerprint density at radius 3 is 2.89 bits per heavy atom. The van der Waals surface area contributed by atoms with Crippen molar-refractivity contribution < 1.29 is 9.47 Å². The molecule has 0 saturated carbocycles. The fourth-order valence-electron chi connectivity index (χ4n) is 2.86. The van der Waals surface area contributed by atoms with Crippen molar-refractivity contribution >= 4 is 5.96 Å². The Balaban J connectivity index is 1.83. The van der Waals surface area contributed by atoms with E-state index in [1.165, 1.54) is 0 Å². The molecule has 2 saturated heterocycles. The zero-order chi connectivity index (χ0) is 13.9. The molecule has 19 heavy (non-hydrogen) atoms. The van der Waals surface area contributed by atoms with Crippen LogP contribution in [0.4, 0.5) is 0 Å². The number of hydrogen-bond donors (Lipinski definition) is 1. The van der Waals surface area contributed by atoms with Gasteiger partial charge in [0.15, 0.2) is 5.96 Å². The Labute approximate surface area is 116 Å². The van der Waals surface area contributed by atoms with Crippen molar-refractivity contribution in [2.45, 2.75) is 45.3 Å². The van der Waals surface area contributed by atoms with Crippen molar-refractivity contribution in [3.05, 3.63) is 0 Å². The minimum Gasteiger partial charge on any atom is -0.376 e. The van der Waals surface area contributed by atoms with Gasteiger partial charge in [-0.2, -0.15) is 0 Å². The highest BCUT2D eigenvalue weighted by Crippen LogP contribution is 2.28. The average Bonchev–Trinajstić information content (AvgIpc) is 2.35. The van der Waals surface area contributed by atoms with Gasteiger partial charge in [-0.3, -0.25) is 4.99 Å². The van der Waals surface area contributed by atoms with Gasteiger partial charge in [0, 0.05) is 26.2 Å². The third-order valence-corrected chi connectivity index (χ3v) is 3.88. The van der Waals surface area contributed by atoms with E-state index in [1.54, 1.807) is 0 Å². The molecule has 0 aromatic carbocycles. The maximum Gasteiger partial charge on any atom is 0.191 e. The van der Waals surface area contributed by atoms with Gasteiger partial charge in [-0.05, 0) is 39.5 Å². The minimum absolute atomic E-state index is 0.0132. The molecule has 5 nitrogen and oxygen atoms in total. The number of guanidine groups is 1. The van der Waals surface area contributed by atoms with Crippen LogP contribution < -0.4 is 5.73 Å². The first-order chi connectivity index (χ1) is 8.96. The number of nitrogens with zero attached hydrogens (tertiary/aromatic N) is 2. The maximum atomic E-state index is 6.08. The molecule has 2 rings (SSSR count). The Morgan fingerprint density at radius 1 is 1.42 bits per heavy atom. The molecule has 2 heterocycles. The molecule has 0 spiro atoms. The molecule has 2 atom stereocenters. The van der Waals surface area contributed by atoms with Gasteiger partial charge >= 0.3 is 0 Å². The summed E-state index contributed by atoms with van der Waals surface area (Å²) >= 11 is 0. The van der Waals surface area contributed by atoms with E-state index in [0.29, 0.717) is 11.9 Å². The second-order valence-electron chi connectivity index (χ2n) is 6.29. The summed E-state index contributed by atoms with van der Waals surface area (Å²) in [5.41, 5.74) is 6.07. The Bertz CT molecular complexity index is 331. The molecule has 0 radical (unpaired) electrons. The largest absolute Gasteiger partial charge is 0.376 e. The van der Waals surface area contributed by atoms with Crippen LogP contribution in [0.5, 0.6) is 0 Å². The number of aliphatic imine (C=N–C) groups is 1. The SMILES string of the molecule is CC1CN(C(N)=NCC2CCOC(C)(C)C2)CCO1. The lowest BCUT2D eigenvalue weighted by Gasteiger charge is -2.35. The molecular weight excluding hydrogens is 242 g/mol. The van der Waals surface area contributed by atoms with Crippen molar-refractivity contribution in [2.24, 2.45) is 16.6 Å². The lowest BCUT2D eigenvalue weighted by Crippen LogP contribution is -2.48. The third-order valence-electron chi connectivity index (χ3n) is 3.88. The summed E-state index contributed by atoms with van der Waals surface area (Å²) in [5.74, 6) is 1.25. The number of rotatable bonds is 2. The molecule has 5 heteroatoms. The summed E-state index contributed by atoms with van der Waals surface area (Å²) in [6.07, 6.45) is 2.38. The van der Waals surface area contributed by atoms with E-state index in [9.17, 15) is 0 Å². The molecule has 2 unspecified atom stereocenters. The quantitative estimate of drug-likeness (QED) is 0.605. The maximum absolute atomic E-state index is 6.08. The van der Waals surface area contributed by atoms with Gasteiger partial charge in [-0.1, -0.05) is 0 Å². The second kappa shape index (κ2) is 6.09. The highest BCUT2D eigenvalue weighted by molar-refractivity contribution is 5.78.